The quantitative estimate of drug-likeness (QED) is 0.622. The van der Waals surface area contributed by atoms with E-state index in [2.05, 4.69) is 15.9 Å². The number of hydrogen-bond acceptors (Lipinski definition) is 2. The maximum absolute atomic E-state index is 11.9. The van der Waals surface area contributed by atoms with Gasteiger partial charge in [-0.3, -0.25) is 4.79 Å². The minimum absolute atomic E-state index is 0.0714. The molecule has 15 heavy (non-hydrogen) atoms. The van der Waals surface area contributed by atoms with Gasteiger partial charge < -0.3 is 4.74 Å². The molecule has 1 aromatic rings. The van der Waals surface area contributed by atoms with Crippen LogP contribution < -0.4 is 0 Å². The molecule has 0 fully saturated rings. The average Bonchev–Trinajstić information content (AvgIpc) is 2.73. The van der Waals surface area contributed by atoms with E-state index >= 15 is 0 Å². The summed E-state index contributed by atoms with van der Waals surface area (Å²) < 4.78 is 5.31. The molecule has 0 radical (unpaired) electrons. The van der Waals surface area contributed by atoms with Gasteiger partial charge in [-0.25, -0.2) is 0 Å². The van der Waals surface area contributed by atoms with Crippen molar-refractivity contribution < 1.29 is 9.53 Å². The topological polar surface area (TPSA) is 26.3 Å². The third-order valence-corrected chi connectivity index (χ3v) is 3.71. The maximum Gasteiger partial charge on any atom is 0.176 e. The highest BCUT2D eigenvalue weighted by molar-refractivity contribution is 9.10. The Bertz CT molecular complexity index is 387. The highest BCUT2D eigenvalue weighted by atomic mass is 79.9. The van der Waals surface area contributed by atoms with Gasteiger partial charge in [-0.05, 0) is 23.6 Å². The minimum atomic E-state index is -0.0714. The molecule has 1 aromatic carbocycles. The number of alkyl halides is 1. The third kappa shape index (κ3) is 2.13. The number of ketones is 1. The summed E-state index contributed by atoms with van der Waals surface area (Å²) in [4.78, 5) is 11.8. The summed E-state index contributed by atoms with van der Waals surface area (Å²) in [6, 6.07) is 5.83. The summed E-state index contributed by atoms with van der Waals surface area (Å²) in [5, 5.41) is 0. The molecule has 1 heterocycles. The van der Waals surface area contributed by atoms with Gasteiger partial charge in [0.2, 0.25) is 0 Å². The highest BCUT2D eigenvalue weighted by Crippen LogP contribution is 2.22. The third-order valence-electron chi connectivity index (χ3n) is 2.65. The van der Waals surface area contributed by atoms with Crippen molar-refractivity contribution in [3.8, 4) is 0 Å². The molecule has 0 amide bonds. The van der Waals surface area contributed by atoms with E-state index in [0.29, 0.717) is 13.2 Å². The van der Waals surface area contributed by atoms with Crippen LogP contribution in [0.5, 0.6) is 0 Å². The van der Waals surface area contributed by atoms with Crippen molar-refractivity contribution in [2.24, 2.45) is 0 Å². The molecule has 1 unspecified atom stereocenters. The molecule has 80 valence electrons. The SMILES string of the molecule is CCC(Br)C(=O)c1ccc2c(c1)COC2. The lowest BCUT2D eigenvalue weighted by Gasteiger charge is -2.07. The fraction of sp³-hybridized carbons (Fsp3) is 0.417. The van der Waals surface area contributed by atoms with Gasteiger partial charge in [-0.15, -0.1) is 0 Å². The molecule has 0 N–H and O–H groups in total. The van der Waals surface area contributed by atoms with Crippen LogP contribution >= 0.6 is 15.9 Å². The number of carbonyl (C=O) groups is 1. The van der Waals surface area contributed by atoms with Gasteiger partial charge in [0.05, 0.1) is 18.0 Å². The Labute approximate surface area is 97.8 Å². The van der Waals surface area contributed by atoms with Crippen LogP contribution in [-0.2, 0) is 18.0 Å². The van der Waals surface area contributed by atoms with E-state index in [4.69, 9.17) is 4.74 Å². The zero-order chi connectivity index (χ0) is 10.8. The number of ether oxygens (including phenoxy) is 1. The van der Waals surface area contributed by atoms with Crippen molar-refractivity contribution in [1.82, 2.24) is 0 Å². The van der Waals surface area contributed by atoms with E-state index in [-0.39, 0.29) is 10.6 Å². The summed E-state index contributed by atoms with van der Waals surface area (Å²) in [5.74, 6) is 0.159. The van der Waals surface area contributed by atoms with Gasteiger partial charge in [0.1, 0.15) is 0 Å². The molecule has 0 aliphatic carbocycles. The summed E-state index contributed by atoms with van der Waals surface area (Å²) in [6.07, 6.45) is 0.812. The first-order chi connectivity index (χ1) is 7.22. The lowest BCUT2D eigenvalue weighted by atomic mass is 10.0. The number of Topliss-reactive ketones (excluding diaryl/α,β-unsaturated/α-hetero) is 1. The lowest BCUT2D eigenvalue weighted by molar-refractivity contribution is 0.0990. The van der Waals surface area contributed by atoms with Gasteiger partial charge in [0.15, 0.2) is 5.78 Å². The molecule has 1 atom stereocenters. The zero-order valence-corrected chi connectivity index (χ0v) is 10.2. The van der Waals surface area contributed by atoms with Crippen LogP contribution in [0.25, 0.3) is 0 Å². The molecule has 0 aromatic heterocycles. The summed E-state index contributed by atoms with van der Waals surface area (Å²) in [7, 11) is 0. The van der Waals surface area contributed by atoms with Crippen molar-refractivity contribution >= 4 is 21.7 Å². The number of hydrogen-bond donors (Lipinski definition) is 0. The molecular formula is C12H13BrO2. The Morgan fingerprint density at radius 2 is 2.20 bits per heavy atom. The Hall–Kier alpha value is -0.670. The maximum atomic E-state index is 11.9. The largest absolute Gasteiger partial charge is 0.372 e. The molecule has 0 spiro atoms. The predicted molar refractivity (Wildman–Crippen MR) is 62.3 cm³/mol. The van der Waals surface area contributed by atoms with Gasteiger partial charge in [-0.2, -0.15) is 0 Å². The first-order valence-corrected chi connectivity index (χ1v) is 6.01. The van der Waals surface area contributed by atoms with Gasteiger partial charge in [0.25, 0.3) is 0 Å². The van der Waals surface area contributed by atoms with Crippen LogP contribution in [0.1, 0.15) is 34.8 Å². The van der Waals surface area contributed by atoms with E-state index in [9.17, 15) is 4.79 Å². The smallest absolute Gasteiger partial charge is 0.176 e. The number of fused-ring (bicyclic) bond motifs is 1. The Balaban J connectivity index is 2.26. The Morgan fingerprint density at radius 1 is 1.47 bits per heavy atom. The normalized spacial score (nSPS) is 16.1. The fourth-order valence-electron chi connectivity index (χ4n) is 1.69. The van der Waals surface area contributed by atoms with Crippen molar-refractivity contribution in [3.63, 3.8) is 0 Å². The standard InChI is InChI=1S/C12H13BrO2/c1-2-11(13)12(14)8-3-4-9-6-15-7-10(9)5-8/h3-5,11H,2,6-7H2,1H3. The van der Waals surface area contributed by atoms with Gasteiger partial charge in [-0.1, -0.05) is 35.0 Å². The van der Waals surface area contributed by atoms with Crippen LogP contribution in [0, 0.1) is 0 Å². The summed E-state index contributed by atoms with van der Waals surface area (Å²) in [6.45, 7) is 3.30. The van der Waals surface area contributed by atoms with Crippen molar-refractivity contribution in [1.29, 1.82) is 0 Å². The number of carbonyl (C=O) groups excluding carboxylic acids is 1. The average molecular weight is 269 g/mol. The van der Waals surface area contributed by atoms with E-state index in [0.717, 1.165) is 17.5 Å². The molecule has 1 aliphatic rings. The molecular weight excluding hydrogens is 256 g/mol. The molecule has 0 saturated carbocycles. The van der Waals surface area contributed by atoms with E-state index in [1.807, 2.05) is 25.1 Å². The van der Waals surface area contributed by atoms with Crippen LogP contribution in [0.2, 0.25) is 0 Å². The first kappa shape index (κ1) is 10.8. The molecule has 2 nitrogen and oxygen atoms in total. The van der Waals surface area contributed by atoms with Gasteiger partial charge in [0, 0.05) is 5.56 Å². The van der Waals surface area contributed by atoms with Crippen LogP contribution in [-0.4, -0.2) is 10.6 Å². The van der Waals surface area contributed by atoms with Crippen LogP contribution in [0.15, 0.2) is 18.2 Å². The first-order valence-electron chi connectivity index (χ1n) is 5.10. The van der Waals surface area contributed by atoms with Crippen LogP contribution in [0.3, 0.4) is 0 Å². The molecule has 1 aliphatic heterocycles. The van der Waals surface area contributed by atoms with Crippen molar-refractivity contribution in [2.45, 2.75) is 31.4 Å². The summed E-state index contributed by atoms with van der Waals surface area (Å²) in [5.41, 5.74) is 3.13. The number of halogens is 1. The van der Waals surface area contributed by atoms with E-state index < -0.39 is 0 Å². The predicted octanol–water partition coefficient (Wildman–Crippen LogP) is 3.07. The van der Waals surface area contributed by atoms with Crippen molar-refractivity contribution in [2.75, 3.05) is 0 Å². The van der Waals surface area contributed by atoms with E-state index in [1.54, 1.807) is 0 Å². The fourth-order valence-corrected chi connectivity index (χ4v) is 1.96. The Kier molecular flexibility index (Phi) is 3.22. The minimum Gasteiger partial charge on any atom is -0.372 e. The lowest BCUT2D eigenvalue weighted by Crippen LogP contribution is -2.13. The second-order valence-corrected chi connectivity index (χ2v) is 4.82. The second-order valence-electron chi connectivity index (χ2n) is 3.72. The molecule has 2 rings (SSSR count). The molecule has 0 bridgehead atoms. The molecule has 0 saturated heterocycles. The zero-order valence-electron chi connectivity index (χ0n) is 8.63. The van der Waals surface area contributed by atoms with Crippen LogP contribution in [0.4, 0.5) is 0 Å². The Morgan fingerprint density at radius 3 is 2.93 bits per heavy atom. The molecule has 3 heteroatoms. The van der Waals surface area contributed by atoms with Crippen molar-refractivity contribution in [3.05, 3.63) is 34.9 Å². The highest BCUT2D eigenvalue weighted by Gasteiger charge is 2.18. The monoisotopic (exact) mass is 268 g/mol. The summed E-state index contributed by atoms with van der Waals surface area (Å²) >= 11 is 3.38. The van der Waals surface area contributed by atoms with E-state index in [1.165, 1.54) is 5.56 Å². The number of rotatable bonds is 3. The van der Waals surface area contributed by atoms with Gasteiger partial charge >= 0.3 is 0 Å². The number of benzene rings is 1. The second kappa shape index (κ2) is 4.45.